The Labute approximate surface area is 261 Å². The summed E-state index contributed by atoms with van der Waals surface area (Å²) in [6.45, 7) is 0.861. The van der Waals surface area contributed by atoms with Gasteiger partial charge in [0, 0.05) is 55.8 Å². The summed E-state index contributed by atoms with van der Waals surface area (Å²) in [6.07, 6.45) is 0.223. The lowest BCUT2D eigenvalue weighted by Gasteiger charge is -2.31. The van der Waals surface area contributed by atoms with Gasteiger partial charge in [0.2, 0.25) is 5.90 Å². The molecule has 7 nitrogen and oxygen atoms in total. The third-order valence-electron chi connectivity index (χ3n) is 7.46. The van der Waals surface area contributed by atoms with Crippen LogP contribution in [0, 0.1) is 0 Å². The third kappa shape index (κ3) is 7.09. The summed E-state index contributed by atoms with van der Waals surface area (Å²) in [7, 11) is 4.00. The molecule has 1 heterocycles. The predicted molar refractivity (Wildman–Crippen MR) is 174 cm³/mol. The maximum absolute atomic E-state index is 14.4. The van der Waals surface area contributed by atoms with Crippen molar-refractivity contribution in [2.24, 2.45) is 4.99 Å². The van der Waals surface area contributed by atoms with Gasteiger partial charge in [-0.05, 0) is 59.2 Å². The van der Waals surface area contributed by atoms with Crippen molar-refractivity contribution < 1.29 is 19.4 Å². The second-order valence-corrected chi connectivity index (χ2v) is 11.6. The molecule has 5 rings (SSSR count). The average molecular weight is 643 g/mol. The molecule has 4 aromatic rings. The average Bonchev–Trinajstić information content (AvgIpc) is 3.42. The number of anilines is 1. The molecular formula is C35H36BrN3O4. The summed E-state index contributed by atoms with van der Waals surface area (Å²) < 4.78 is 13.2. The lowest BCUT2D eigenvalue weighted by molar-refractivity contribution is -0.129. The fourth-order valence-corrected chi connectivity index (χ4v) is 5.51. The molecule has 1 aliphatic rings. The standard InChI is InChI=1S/C35H36BrN3O4/c1-39(2)29-17-13-25(14-18-29)24-37-34(41)35(23-28-11-6-7-12-31(28)36)32(26-9-4-3-5-10-26)43-33(38-35)27-15-19-30(20-16-27)42-22-8-21-40/h3-7,9-20,32,40H,8,21-24H2,1-2H3,(H,37,41)/t32-,35-/m1/s1. The van der Waals surface area contributed by atoms with E-state index >= 15 is 0 Å². The van der Waals surface area contributed by atoms with Crippen LogP contribution in [-0.4, -0.2) is 49.8 Å². The van der Waals surface area contributed by atoms with E-state index in [-0.39, 0.29) is 12.5 Å². The van der Waals surface area contributed by atoms with E-state index in [2.05, 4.69) is 21.2 Å². The predicted octanol–water partition coefficient (Wildman–Crippen LogP) is 6.09. The Hall–Kier alpha value is -4.14. The van der Waals surface area contributed by atoms with Gasteiger partial charge in [-0.25, -0.2) is 4.99 Å². The van der Waals surface area contributed by atoms with Gasteiger partial charge in [0.15, 0.2) is 11.6 Å². The molecule has 0 radical (unpaired) electrons. The van der Waals surface area contributed by atoms with Crippen LogP contribution in [0.5, 0.6) is 5.75 Å². The first-order valence-electron chi connectivity index (χ1n) is 14.3. The van der Waals surface area contributed by atoms with Crippen LogP contribution < -0.4 is 15.0 Å². The van der Waals surface area contributed by atoms with Crippen LogP contribution in [0.3, 0.4) is 0 Å². The monoisotopic (exact) mass is 641 g/mol. The highest BCUT2D eigenvalue weighted by atomic mass is 79.9. The van der Waals surface area contributed by atoms with Crippen molar-refractivity contribution in [2.75, 3.05) is 32.2 Å². The van der Waals surface area contributed by atoms with Gasteiger partial charge in [-0.2, -0.15) is 0 Å². The summed E-state index contributed by atoms with van der Waals surface area (Å²) >= 11 is 3.69. The first-order chi connectivity index (χ1) is 20.9. The molecule has 222 valence electrons. The number of hydrogen-bond donors (Lipinski definition) is 2. The quantitative estimate of drug-likeness (QED) is 0.183. The van der Waals surface area contributed by atoms with Crippen molar-refractivity contribution in [3.05, 3.63) is 130 Å². The molecule has 1 aliphatic heterocycles. The largest absolute Gasteiger partial charge is 0.494 e. The van der Waals surface area contributed by atoms with Gasteiger partial charge in [0.05, 0.1) is 6.61 Å². The van der Waals surface area contributed by atoms with E-state index in [9.17, 15) is 4.79 Å². The van der Waals surface area contributed by atoms with Crippen LogP contribution >= 0.6 is 15.9 Å². The highest BCUT2D eigenvalue weighted by Gasteiger charge is 2.53. The minimum atomic E-state index is -1.28. The molecule has 2 N–H and O–H groups in total. The molecule has 1 amide bonds. The highest BCUT2D eigenvalue weighted by molar-refractivity contribution is 9.10. The zero-order chi connectivity index (χ0) is 30.2. The maximum atomic E-state index is 14.4. The fraction of sp³-hybridized carbons (Fsp3) is 0.257. The van der Waals surface area contributed by atoms with E-state index < -0.39 is 11.6 Å². The maximum Gasteiger partial charge on any atom is 0.252 e. The summed E-state index contributed by atoms with van der Waals surface area (Å²) in [5.74, 6) is 0.869. The Kier molecular flexibility index (Phi) is 9.79. The smallest absolute Gasteiger partial charge is 0.252 e. The number of aliphatic hydroxyl groups excluding tert-OH is 1. The third-order valence-corrected chi connectivity index (χ3v) is 8.23. The van der Waals surface area contributed by atoms with Crippen LogP contribution in [0.15, 0.2) is 113 Å². The number of rotatable bonds is 12. The number of benzene rings is 4. The van der Waals surface area contributed by atoms with Crippen molar-refractivity contribution in [3.63, 3.8) is 0 Å². The van der Waals surface area contributed by atoms with E-state index in [0.29, 0.717) is 37.6 Å². The molecule has 0 fully saturated rings. The molecule has 4 aromatic carbocycles. The molecule has 43 heavy (non-hydrogen) atoms. The van der Waals surface area contributed by atoms with Crippen LogP contribution in [-0.2, 0) is 22.5 Å². The number of halogens is 1. The van der Waals surface area contributed by atoms with Gasteiger partial charge in [0.1, 0.15) is 5.75 Å². The topological polar surface area (TPSA) is 83.4 Å². The molecule has 8 heteroatoms. The highest BCUT2D eigenvalue weighted by Crippen LogP contribution is 2.43. The SMILES string of the molecule is CN(C)c1ccc(CNC(=O)[C@]2(Cc3ccccc3Br)N=C(c3ccc(OCCCO)cc3)O[C@@H]2c2ccccc2)cc1. The van der Waals surface area contributed by atoms with Gasteiger partial charge < -0.3 is 24.8 Å². The molecule has 0 aliphatic carbocycles. The van der Waals surface area contributed by atoms with Gasteiger partial charge in [0.25, 0.3) is 5.91 Å². The van der Waals surface area contributed by atoms with Crippen molar-refractivity contribution >= 4 is 33.4 Å². The van der Waals surface area contributed by atoms with Crippen molar-refractivity contribution in [2.45, 2.75) is 31.0 Å². The molecule has 2 atom stereocenters. The Bertz CT molecular complexity index is 1540. The lowest BCUT2D eigenvalue weighted by atomic mass is 9.82. The summed E-state index contributed by atoms with van der Waals surface area (Å²) in [5, 5.41) is 12.2. The number of amides is 1. The number of hydrogen-bond acceptors (Lipinski definition) is 6. The summed E-state index contributed by atoms with van der Waals surface area (Å²) in [5.41, 5.74) is 3.37. The van der Waals surface area contributed by atoms with Gasteiger partial charge in [-0.3, -0.25) is 4.79 Å². The number of aliphatic imine (C=N–C) groups is 1. The normalized spacial score (nSPS) is 17.6. The Morgan fingerprint density at radius 1 is 0.977 bits per heavy atom. The minimum Gasteiger partial charge on any atom is -0.494 e. The summed E-state index contributed by atoms with van der Waals surface area (Å²) in [6, 6.07) is 33.3. The van der Waals surface area contributed by atoms with E-state index in [0.717, 1.165) is 32.4 Å². The van der Waals surface area contributed by atoms with Gasteiger partial charge >= 0.3 is 0 Å². The number of nitrogens with one attached hydrogen (secondary N) is 1. The molecule has 0 aromatic heterocycles. The van der Waals surface area contributed by atoms with Crippen LogP contribution in [0.25, 0.3) is 0 Å². The number of nitrogens with zero attached hydrogens (tertiary/aromatic N) is 2. The van der Waals surface area contributed by atoms with Crippen molar-refractivity contribution in [1.29, 1.82) is 0 Å². The lowest BCUT2D eigenvalue weighted by Crippen LogP contribution is -2.49. The Balaban J connectivity index is 1.52. The fourth-order valence-electron chi connectivity index (χ4n) is 5.09. The summed E-state index contributed by atoms with van der Waals surface area (Å²) in [4.78, 5) is 21.6. The van der Waals surface area contributed by atoms with Crippen molar-refractivity contribution in [1.82, 2.24) is 5.32 Å². The van der Waals surface area contributed by atoms with E-state index in [4.69, 9.17) is 19.6 Å². The minimum absolute atomic E-state index is 0.0761. The zero-order valence-corrected chi connectivity index (χ0v) is 26.0. The van der Waals surface area contributed by atoms with Crippen LogP contribution in [0.4, 0.5) is 5.69 Å². The molecule has 0 bridgehead atoms. The number of aliphatic hydroxyl groups is 1. The Morgan fingerprint density at radius 3 is 2.35 bits per heavy atom. The van der Waals surface area contributed by atoms with Crippen LogP contribution in [0.1, 0.15) is 34.8 Å². The number of carbonyl (C=O) groups is 1. The van der Waals surface area contributed by atoms with E-state index in [1.165, 1.54) is 0 Å². The molecule has 0 saturated carbocycles. The Morgan fingerprint density at radius 2 is 1.67 bits per heavy atom. The first-order valence-corrected chi connectivity index (χ1v) is 15.1. The first kappa shape index (κ1) is 30.3. The van der Waals surface area contributed by atoms with Gasteiger partial charge in [-0.15, -0.1) is 0 Å². The molecule has 0 saturated heterocycles. The van der Waals surface area contributed by atoms with Crippen LogP contribution in [0.2, 0.25) is 0 Å². The van der Waals surface area contributed by atoms with Crippen molar-refractivity contribution in [3.8, 4) is 5.75 Å². The van der Waals surface area contributed by atoms with E-state index in [1.807, 2.05) is 122 Å². The number of ether oxygens (including phenoxy) is 2. The number of carbonyl (C=O) groups excluding carboxylic acids is 1. The molecule has 0 spiro atoms. The zero-order valence-electron chi connectivity index (χ0n) is 24.4. The molecular weight excluding hydrogens is 606 g/mol. The second kappa shape index (κ2) is 13.9. The second-order valence-electron chi connectivity index (χ2n) is 10.7. The molecule has 0 unspecified atom stereocenters. The van der Waals surface area contributed by atoms with E-state index in [1.54, 1.807) is 0 Å². The van der Waals surface area contributed by atoms with Gasteiger partial charge in [-0.1, -0.05) is 76.6 Å².